The molecule has 2 aromatic heterocycles. The molecule has 152 valence electrons. The van der Waals surface area contributed by atoms with Gasteiger partial charge in [-0.05, 0) is 29.3 Å². The average molecular weight is 413 g/mol. The van der Waals surface area contributed by atoms with Crippen LogP contribution in [0.1, 0.15) is 34.1 Å². The number of carbonyl (C=O) groups excluding carboxylic acids is 1. The fourth-order valence-corrected chi connectivity index (χ4v) is 3.60. The standard InChI is InChI=1S/C22H15N5O4/c28-22(20-8-9-21(31-20)27(29)30)26-19(13-17(25-26)14-4-2-1-3-5-14)15-6-7-16-18(12-15)24-11-10-23-16/h1-12,19H,13H2/t19-/m0/s1. The Labute approximate surface area is 175 Å². The van der Waals surface area contributed by atoms with Crippen molar-refractivity contribution >= 4 is 28.5 Å². The van der Waals surface area contributed by atoms with E-state index in [0.29, 0.717) is 11.9 Å². The monoisotopic (exact) mass is 413 g/mol. The van der Waals surface area contributed by atoms with Crippen LogP contribution in [0.15, 0.2) is 82.6 Å². The minimum Gasteiger partial charge on any atom is -0.395 e. The Morgan fingerprint density at radius 3 is 2.55 bits per heavy atom. The molecule has 1 aliphatic rings. The minimum atomic E-state index is -0.682. The van der Waals surface area contributed by atoms with Crippen molar-refractivity contribution in [2.24, 2.45) is 5.10 Å². The molecular weight excluding hydrogens is 398 g/mol. The number of aromatic nitrogens is 2. The van der Waals surface area contributed by atoms with E-state index in [4.69, 9.17) is 4.42 Å². The number of furan rings is 1. The molecule has 0 saturated carbocycles. The second-order valence-electron chi connectivity index (χ2n) is 6.98. The number of nitrogens with zero attached hydrogens (tertiary/aromatic N) is 5. The first-order valence-electron chi connectivity index (χ1n) is 9.51. The highest BCUT2D eigenvalue weighted by molar-refractivity contribution is 6.04. The Bertz CT molecular complexity index is 1330. The molecule has 0 fully saturated rings. The molecular formula is C22H15N5O4. The molecule has 5 rings (SSSR count). The number of amides is 1. The predicted molar refractivity (Wildman–Crippen MR) is 111 cm³/mol. The maximum Gasteiger partial charge on any atom is 0.433 e. The molecule has 9 heteroatoms. The third kappa shape index (κ3) is 3.42. The highest BCUT2D eigenvalue weighted by atomic mass is 16.6. The molecule has 4 aromatic rings. The van der Waals surface area contributed by atoms with Crippen LogP contribution in [0, 0.1) is 10.1 Å². The van der Waals surface area contributed by atoms with Gasteiger partial charge in [-0.1, -0.05) is 36.4 Å². The summed E-state index contributed by atoms with van der Waals surface area (Å²) in [5.74, 6) is -1.19. The zero-order valence-corrected chi connectivity index (χ0v) is 16.1. The largest absolute Gasteiger partial charge is 0.433 e. The molecule has 0 aliphatic carbocycles. The summed E-state index contributed by atoms with van der Waals surface area (Å²) in [5.41, 5.74) is 3.91. The van der Waals surface area contributed by atoms with Crippen LogP contribution in [0.2, 0.25) is 0 Å². The van der Waals surface area contributed by atoms with Gasteiger partial charge in [-0.15, -0.1) is 0 Å². The smallest absolute Gasteiger partial charge is 0.395 e. The number of hydrogen-bond donors (Lipinski definition) is 0. The molecule has 31 heavy (non-hydrogen) atoms. The molecule has 1 amide bonds. The van der Waals surface area contributed by atoms with Gasteiger partial charge in [-0.25, -0.2) is 5.01 Å². The quantitative estimate of drug-likeness (QED) is 0.367. The second-order valence-corrected chi connectivity index (χ2v) is 6.98. The predicted octanol–water partition coefficient (Wildman–Crippen LogP) is 4.12. The first kappa shape index (κ1) is 18.6. The number of carbonyl (C=O) groups is 1. The fourth-order valence-electron chi connectivity index (χ4n) is 3.60. The number of rotatable bonds is 4. The van der Waals surface area contributed by atoms with E-state index in [2.05, 4.69) is 15.1 Å². The van der Waals surface area contributed by atoms with E-state index >= 15 is 0 Å². The van der Waals surface area contributed by atoms with Crippen molar-refractivity contribution in [3.8, 4) is 0 Å². The fraction of sp³-hybridized carbons (Fsp3) is 0.0909. The average Bonchev–Trinajstić information content (AvgIpc) is 3.47. The van der Waals surface area contributed by atoms with Crippen LogP contribution < -0.4 is 0 Å². The normalized spacial score (nSPS) is 15.8. The Kier molecular flexibility index (Phi) is 4.47. The van der Waals surface area contributed by atoms with Crippen LogP contribution in [0.5, 0.6) is 0 Å². The third-order valence-corrected chi connectivity index (χ3v) is 5.09. The van der Waals surface area contributed by atoms with Gasteiger partial charge >= 0.3 is 11.8 Å². The third-order valence-electron chi connectivity index (χ3n) is 5.09. The lowest BCUT2D eigenvalue weighted by atomic mass is 9.98. The molecule has 3 heterocycles. The highest BCUT2D eigenvalue weighted by Gasteiger charge is 2.35. The summed E-state index contributed by atoms with van der Waals surface area (Å²) in [6.07, 6.45) is 3.70. The Morgan fingerprint density at radius 2 is 1.81 bits per heavy atom. The Balaban J connectivity index is 1.56. The van der Waals surface area contributed by atoms with Gasteiger partial charge in [0.15, 0.2) is 0 Å². The van der Waals surface area contributed by atoms with Crippen LogP contribution in [-0.4, -0.2) is 31.5 Å². The van der Waals surface area contributed by atoms with Gasteiger partial charge in [-0.2, -0.15) is 5.10 Å². The summed E-state index contributed by atoms with van der Waals surface area (Å²) in [6.45, 7) is 0. The van der Waals surface area contributed by atoms with E-state index in [9.17, 15) is 14.9 Å². The summed E-state index contributed by atoms with van der Waals surface area (Å²) in [6, 6.07) is 17.2. The molecule has 1 aliphatic heterocycles. The lowest BCUT2D eigenvalue weighted by Gasteiger charge is -2.21. The number of fused-ring (bicyclic) bond motifs is 1. The maximum absolute atomic E-state index is 13.2. The second kappa shape index (κ2) is 7.45. The summed E-state index contributed by atoms with van der Waals surface area (Å²) in [7, 11) is 0. The molecule has 0 saturated heterocycles. The first-order valence-corrected chi connectivity index (χ1v) is 9.51. The summed E-state index contributed by atoms with van der Waals surface area (Å²) >= 11 is 0. The topological polar surface area (TPSA) is 115 Å². The lowest BCUT2D eigenvalue weighted by Crippen LogP contribution is -2.26. The number of hydrogen-bond acceptors (Lipinski definition) is 7. The molecule has 0 unspecified atom stereocenters. The van der Waals surface area contributed by atoms with E-state index in [0.717, 1.165) is 28.4 Å². The molecule has 0 bridgehead atoms. The van der Waals surface area contributed by atoms with Crippen molar-refractivity contribution in [3.63, 3.8) is 0 Å². The van der Waals surface area contributed by atoms with E-state index < -0.39 is 22.8 Å². The molecule has 0 spiro atoms. The SMILES string of the molecule is O=C(c1ccc([N+](=O)[O-])o1)N1N=C(c2ccccc2)C[C@H]1c1ccc2nccnc2c1. The molecule has 1 atom stereocenters. The van der Waals surface area contributed by atoms with Gasteiger partial charge in [0.25, 0.3) is 0 Å². The summed E-state index contributed by atoms with van der Waals surface area (Å²) in [4.78, 5) is 32.1. The van der Waals surface area contributed by atoms with E-state index in [1.165, 1.54) is 11.1 Å². The van der Waals surface area contributed by atoms with Crippen molar-refractivity contribution in [3.05, 3.63) is 100 Å². The number of hydrazone groups is 1. The van der Waals surface area contributed by atoms with Crippen LogP contribution >= 0.6 is 0 Å². The zero-order valence-electron chi connectivity index (χ0n) is 16.1. The van der Waals surface area contributed by atoms with Crippen molar-refractivity contribution in [2.75, 3.05) is 0 Å². The van der Waals surface area contributed by atoms with Crippen molar-refractivity contribution in [1.82, 2.24) is 15.0 Å². The van der Waals surface area contributed by atoms with Crippen LogP contribution in [0.25, 0.3) is 11.0 Å². The van der Waals surface area contributed by atoms with Gasteiger partial charge < -0.3 is 4.42 Å². The first-order chi connectivity index (χ1) is 15.1. The van der Waals surface area contributed by atoms with Gasteiger partial charge in [0, 0.05) is 18.8 Å². The number of benzene rings is 2. The summed E-state index contributed by atoms with van der Waals surface area (Å²) < 4.78 is 5.13. The van der Waals surface area contributed by atoms with Gasteiger partial charge in [0.1, 0.15) is 4.92 Å². The number of nitro groups is 1. The summed E-state index contributed by atoms with van der Waals surface area (Å²) in [5, 5.41) is 16.8. The van der Waals surface area contributed by atoms with Gasteiger partial charge in [0.2, 0.25) is 5.76 Å². The molecule has 0 radical (unpaired) electrons. The Morgan fingerprint density at radius 1 is 1.03 bits per heavy atom. The molecule has 2 aromatic carbocycles. The van der Waals surface area contributed by atoms with E-state index in [-0.39, 0.29) is 5.76 Å². The van der Waals surface area contributed by atoms with Gasteiger partial charge in [-0.3, -0.25) is 24.9 Å². The van der Waals surface area contributed by atoms with Crippen molar-refractivity contribution in [1.29, 1.82) is 0 Å². The van der Waals surface area contributed by atoms with Crippen molar-refractivity contribution < 1.29 is 14.1 Å². The van der Waals surface area contributed by atoms with Crippen LogP contribution in [-0.2, 0) is 0 Å². The van der Waals surface area contributed by atoms with Crippen LogP contribution in [0.4, 0.5) is 5.88 Å². The minimum absolute atomic E-state index is 0.143. The maximum atomic E-state index is 13.2. The molecule has 0 N–H and O–H groups in total. The molecule has 9 nitrogen and oxygen atoms in total. The van der Waals surface area contributed by atoms with Crippen LogP contribution in [0.3, 0.4) is 0 Å². The van der Waals surface area contributed by atoms with Crippen molar-refractivity contribution in [2.45, 2.75) is 12.5 Å². The lowest BCUT2D eigenvalue weighted by molar-refractivity contribution is -0.402. The van der Waals surface area contributed by atoms with E-state index in [1.807, 2.05) is 48.5 Å². The Hall–Kier alpha value is -4.40. The van der Waals surface area contributed by atoms with E-state index in [1.54, 1.807) is 12.4 Å². The van der Waals surface area contributed by atoms with Gasteiger partial charge in [0.05, 0.1) is 28.9 Å². The highest BCUT2D eigenvalue weighted by Crippen LogP contribution is 2.35. The zero-order chi connectivity index (χ0) is 21.4.